The van der Waals surface area contributed by atoms with Gasteiger partial charge in [0.1, 0.15) is 0 Å². The molecule has 6 heteroatoms. The fraction of sp³-hybridized carbons (Fsp3) is 0.400. The van der Waals surface area contributed by atoms with Gasteiger partial charge in [0.15, 0.2) is 0 Å². The monoisotopic (exact) mass is 388 g/mol. The van der Waals surface area contributed by atoms with Crippen molar-refractivity contribution >= 4 is 38.9 Å². The van der Waals surface area contributed by atoms with Gasteiger partial charge < -0.3 is 10.0 Å². The number of hydrogen-bond acceptors (Lipinski definition) is 4. The van der Waals surface area contributed by atoms with Crippen LogP contribution in [-0.2, 0) is 6.54 Å². The molecule has 21 heavy (non-hydrogen) atoms. The Labute approximate surface area is 142 Å². The molecule has 0 saturated carbocycles. The molecule has 0 aliphatic heterocycles. The van der Waals surface area contributed by atoms with E-state index in [0.717, 1.165) is 33.8 Å². The lowest BCUT2D eigenvalue weighted by Crippen LogP contribution is -2.21. The van der Waals surface area contributed by atoms with Crippen LogP contribution in [0, 0.1) is 6.92 Å². The van der Waals surface area contributed by atoms with E-state index in [2.05, 4.69) is 31.2 Å². The van der Waals surface area contributed by atoms with Crippen molar-refractivity contribution in [3.05, 3.63) is 49.3 Å². The van der Waals surface area contributed by atoms with Crippen LogP contribution in [0.2, 0.25) is 5.02 Å². The summed E-state index contributed by atoms with van der Waals surface area (Å²) in [7, 11) is 2.03. The summed E-state index contributed by atoms with van der Waals surface area (Å²) in [6, 6.07) is 5.56. The Morgan fingerprint density at radius 1 is 1.48 bits per heavy atom. The Morgan fingerprint density at radius 2 is 2.24 bits per heavy atom. The molecule has 0 spiro atoms. The first kappa shape index (κ1) is 16.9. The average molecular weight is 390 g/mol. The highest BCUT2D eigenvalue weighted by molar-refractivity contribution is 9.10. The van der Waals surface area contributed by atoms with Crippen LogP contribution in [0.5, 0.6) is 0 Å². The fourth-order valence-corrected chi connectivity index (χ4v) is 3.51. The van der Waals surface area contributed by atoms with Gasteiger partial charge in [-0.1, -0.05) is 33.6 Å². The average Bonchev–Trinajstić information content (AvgIpc) is 2.81. The summed E-state index contributed by atoms with van der Waals surface area (Å²) < 4.78 is 0.916. The van der Waals surface area contributed by atoms with Crippen molar-refractivity contribution in [1.29, 1.82) is 0 Å². The van der Waals surface area contributed by atoms with Crippen LogP contribution < -0.4 is 0 Å². The summed E-state index contributed by atoms with van der Waals surface area (Å²) in [6.45, 7) is 3.59. The van der Waals surface area contributed by atoms with E-state index >= 15 is 0 Å². The van der Waals surface area contributed by atoms with Crippen LogP contribution in [0.3, 0.4) is 0 Å². The first-order valence-electron chi connectivity index (χ1n) is 6.68. The molecule has 0 fully saturated rings. The molecule has 0 aliphatic rings. The third-order valence-electron chi connectivity index (χ3n) is 3.20. The first-order chi connectivity index (χ1) is 9.95. The second-order valence-electron chi connectivity index (χ2n) is 5.07. The van der Waals surface area contributed by atoms with Crippen LogP contribution in [0.25, 0.3) is 0 Å². The van der Waals surface area contributed by atoms with Crippen molar-refractivity contribution in [2.45, 2.75) is 26.0 Å². The van der Waals surface area contributed by atoms with E-state index < -0.39 is 6.10 Å². The maximum Gasteiger partial charge on any atom is 0.0897 e. The van der Waals surface area contributed by atoms with Crippen molar-refractivity contribution < 1.29 is 5.11 Å². The van der Waals surface area contributed by atoms with Gasteiger partial charge in [-0.25, -0.2) is 4.98 Å². The van der Waals surface area contributed by atoms with Gasteiger partial charge >= 0.3 is 0 Å². The highest BCUT2D eigenvalue weighted by Crippen LogP contribution is 2.28. The zero-order valence-electron chi connectivity index (χ0n) is 12.0. The Bertz CT molecular complexity index is 605. The molecule has 0 amide bonds. The number of thiazole rings is 1. The number of nitrogens with zero attached hydrogens (tertiary/aromatic N) is 2. The van der Waals surface area contributed by atoms with Gasteiger partial charge in [0, 0.05) is 28.0 Å². The minimum Gasteiger partial charge on any atom is -0.388 e. The van der Waals surface area contributed by atoms with Crippen LogP contribution in [0.1, 0.15) is 28.8 Å². The van der Waals surface area contributed by atoms with Gasteiger partial charge in [0.25, 0.3) is 0 Å². The maximum atomic E-state index is 10.3. The van der Waals surface area contributed by atoms with Crippen molar-refractivity contribution in [2.24, 2.45) is 0 Å². The molecule has 1 aromatic heterocycles. The van der Waals surface area contributed by atoms with Crippen molar-refractivity contribution in [2.75, 3.05) is 13.6 Å². The van der Waals surface area contributed by atoms with Gasteiger partial charge in [-0.2, -0.15) is 0 Å². The van der Waals surface area contributed by atoms with Crippen LogP contribution in [-0.4, -0.2) is 28.6 Å². The minimum atomic E-state index is -0.551. The second kappa shape index (κ2) is 7.70. The number of hydrogen-bond donors (Lipinski definition) is 1. The number of benzene rings is 1. The van der Waals surface area contributed by atoms with E-state index in [1.165, 1.54) is 0 Å². The summed E-state index contributed by atoms with van der Waals surface area (Å²) in [5.41, 5.74) is 1.86. The topological polar surface area (TPSA) is 36.4 Å². The predicted octanol–water partition coefficient (Wildman–Crippen LogP) is 4.42. The van der Waals surface area contributed by atoms with E-state index in [-0.39, 0.29) is 0 Å². The van der Waals surface area contributed by atoms with E-state index in [4.69, 9.17) is 11.6 Å². The third kappa shape index (κ3) is 5.04. The normalized spacial score (nSPS) is 12.9. The van der Waals surface area contributed by atoms with E-state index in [9.17, 15) is 5.11 Å². The molecule has 1 aromatic carbocycles. The molecule has 114 valence electrons. The van der Waals surface area contributed by atoms with Crippen LogP contribution in [0.4, 0.5) is 0 Å². The first-order valence-corrected chi connectivity index (χ1v) is 8.73. The van der Waals surface area contributed by atoms with Crippen LogP contribution >= 0.6 is 38.9 Å². The fourth-order valence-electron chi connectivity index (χ4n) is 2.11. The summed E-state index contributed by atoms with van der Waals surface area (Å²) in [4.78, 5) is 6.60. The molecule has 0 saturated heterocycles. The minimum absolute atomic E-state index is 0.551. The molecule has 0 bridgehead atoms. The van der Waals surface area contributed by atoms with Gasteiger partial charge in [0.2, 0.25) is 0 Å². The second-order valence-corrected chi connectivity index (χ2v) is 7.45. The SMILES string of the molecule is Cc1nc(CN(C)CCC(O)c2ccc(Br)cc2Cl)cs1. The molecule has 1 unspecified atom stereocenters. The highest BCUT2D eigenvalue weighted by atomic mass is 79.9. The number of aliphatic hydroxyl groups excluding tert-OH is 1. The smallest absolute Gasteiger partial charge is 0.0897 e. The molecular formula is C15H18BrClN2OS. The molecular weight excluding hydrogens is 372 g/mol. The van der Waals surface area contributed by atoms with Gasteiger partial charge in [-0.15, -0.1) is 11.3 Å². The van der Waals surface area contributed by atoms with Crippen molar-refractivity contribution in [1.82, 2.24) is 9.88 Å². The number of rotatable bonds is 6. The lowest BCUT2D eigenvalue weighted by atomic mass is 10.1. The Kier molecular flexibility index (Phi) is 6.20. The maximum absolute atomic E-state index is 10.3. The van der Waals surface area contributed by atoms with E-state index in [1.807, 2.05) is 32.2 Å². The largest absolute Gasteiger partial charge is 0.388 e. The predicted molar refractivity (Wildman–Crippen MR) is 91.9 cm³/mol. The van der Waals surface area contributed by atoms with Crippen molar-refractivity contribution in [3.8, 4) is 0 Å². The van der Waals surface area contributed by atoms with Crippen molar-refractivity contribution in [3.63, 3.8) is 0 Å². The molecule has 2 rings (SSSR count). The lowest BCUT2D eigenvalue weighted by molar-refractivity contribution is 0.147. The summed E-state index contributed by atoms with van der Waals surface area (Å²) >= 11 is 11.2. The quantitative estimate of drug-likeness (QED) is 0.794. The molecule has 1 heterocycles. The zero-order valence-corrected chi connectivity index (χ0v) is 15.2. The van der Waals surface area contributed by atoms with E-state index in [1.54, 1.807) is 11.3 Å². The van der Waals surface area contributed by atoms with Gasteiger partial charge in [-0.3, -0.25) is 0 Å². The lowest BCUT2D eigenvalue weighted by Gasteiger charge is -2.19. The summed E-state index contributed by atoms with van der Waals surface area (Å²) in [5, 5.41) is 14.0. The Morgan fingerprint density at radius 3 is 2.86 bits per heavy atom. The summed E-state index contributed by atoms with van der Waals surface area (Å²) in [5.74, 6) is 0. The molecule has 1 N–H and O–H groups in total. The molecule has 2 aromatic rings. The Hall–Kier alpha value is -0.460. The van der Waals surface area contributed by atoms with Crippen LogP contribution in [0.15, 0.2) is 28.1 Å². The zero-order chi connectivity index (χ0) is 15.4. The molecule has 1 atom stereocenters. The molecule has 0 radical (unpaired) electrons. The highest BCUT2D eigenvalue weighted by Gasteiger charge is 2.13. The van der Waals surface area contributed by atoms with E-state index in [0.29, 0.717) is 11.4 Å². The third-order valence-corrected chi connectivity index (χ3v) is 4.85. The van der Waals surface area contributed by atoms with Gasteiger partial charge in [0.05, 0.1) is 16.8 Å². The molecule has 0 aliphatic carbocycles. The Balaban J connectivity index is 1.86. The standard InChI is InChI=1S/C15H18BrClN2OS/c1-10-18-12(9-21-10)8-19(2)6-5-15(20)13-4-3-11(16)7-14(13)17/h3-4,7,9,15,20H,5-6,8H2,1-2H3. The number of aryl methyl sites for hydroxylation is 1. The number of aromatic nitrogens is 1. The molecule has 3 nitrogen and oxygen atoms in total. The number of halogens is 2. The summed E-state index contributed by atoms with van der Waals surface area (Å²) in [6.07, 6.45) is 0.0891. The number of aliphatic hydroxyl groups is 1. The van der Waals surface area contributed by atoms with Gasteiger partial charge in [-0.05, 0) is 38.1 Å².